The number of rotatable bonds is 11. The molecular weight excluding hydrogens is 368 g/mol. The Bertz CT molecular complexity index is 936. The molecule has 2 aromatic rings. The summed E-state index contributed by atoms with van der Waals surface area (Å²) in [6.45, 7) is 10.3. The second kappa shape index (κ2) is 11.4. The Morgan fingerprint density at radius 3 is 2.59 bits per heavy atom. The van der Waals surface area contributed by atoms with E-state index in [1.807, 2.05) is 19.1 Å². The van der Waals surface area contributed by atoms with E-state index in [1.165, 1.54) is 17.2 Å². The van der Waals surface area contributed by atoms with Gasteiger partial charge in [-0.2, -0.15) is 0 Å². The zero-order chi connectivity index (χ0) is 21.2. The highest BCUT2D eigenvalue weighted by Crippen LogP contribution is 2.20. The van der Waals surface area contributed by atoms with Crippen LogP contribution in [-0.4, -0.2) is 18.0 Å². The van der Waals surface area contributed by atoms with Crippen molar-refractivity contribution in [3.05, 3.63) is 76.2 Å². The Labute approximate surface area is 171 Å². The molecule has 1 atom stereocenters. The van der Waals surface area contributed by atoms with Gasteiger partial charge in [-0.1, -0.05) is 23.8 Å². The highest BCUT2D eigenvalue weighted by Gasteiger charge is 2.09. The molecule has 0 saturated heterocycles. The van der Waals surface area contributed by atoms with Crippen LogP contribution in [0.15, 0.2) is 75.0 Å². The molecule has 29 heavy (non-hydrogen) atoms. The van der Waals surface area contributed by atoms with Gasteiger partial charge >= 0.3 is 5.63 Å². The van der Waals surface area contributed by atoms with Gasteiger partial charge < -0.3 is 9.15 Å². The van der Waals surface area contributed by atoms with Gasteiger partial charge in [0.05, 0.1) is 0 Å². The molecule has 0 radical (unpaired) electrons. The number of ether oxygens (including phenoxy) is 1. The maximum Gasteiger partial charge on any atom is 0.336 e. The molecule has 156 valence electrons. The Balaban J connectivity index is 1.77. The minimum atomic E-state index is -0.368. The van der Waals surface area contributed by atoms with Crippen molar-refractivity contribution in [2.24, 2.45) is 0 Å². The van der Waals surface area contributed by atoms with Crippen LogP contribution >= 0.6 is 0 Å². The minimum Gasteiger partial charge on any atom is -0.489 e. The Hall–Kier alpha value is -2.63. The highest BCUT2D eigenvalue weighted by molar-refractivity contribution is 5.77. The van der Waals surface area contributed by atoms with Crippen LogP contribution < -0.4 is 10.4 Å². The van der Waals surface area contributed by atoms with Gasteiger partial charge in [-0.05, 0) is 76.3 Å². The lowest BCUT2D eigenvalue weighted by atomic mass is 10.0. The van der Waals surface area contributed by atoms with E-state index in [-0.39, 0.29) is 11.7 Å². The zero-order valence-corrected chi connectivity index (χ0v) is 17.4. The lowest BCUT2D eigenvalue weighted by Crippen LogP contribution is -2.11. The molecule has 0 bridgehead atoms. The van der Waals surface area contributed by atoms with E-state index in [2.05, 4.69) is 37.5 Å². The third-order valence-corrected chi connectivity index (χ3v) is 4.79. The topological polar surface area (TPSA) is 68.9 Å². The van der Waals surface area contributed by atoms with Gasteiger partial charge in [0.2, 0.25) is 0 Å². The summed E-state index contributed by atoms with van der Waals surface area (Å²) in [5, 5.41) is 9.74. The van der Waals surface area contributed by atoms with Gasteiger partial charge in [0.1, 0.15) is 24.0 Å². The quantitative estimate of drug-likeness (QED) is 0.216. The third-order valence-electron chi connectivity index (χ3n) is 4.79. The predicted molar refractivity (Wildman–Crippen MR) is 116 cm³/mol. The molecule has 1 N–H and O–H groups in total. The standard InChI is InChI=1S/C24H30O5/c1-17(2)22(29-26)12-8-18(3)6-5-7-19(4)14-15-27-21-11-9-20-10-13-24(25)28-23(20)16-21/h6,9-11,13-14,16,22,26H,1,5,7-8,12,15H2,2-4H3/b18-6+,19-14+. The first kappa shape index (κ1) is 22.7. The summed E-state index contributed by atoms with van der Waals surface area (Å²) in [4.78, 5) is 15.8. The third kappa shape index (κ3) is 7.72. The molecule has 0 spiro atoms. The normalized spacial score (nSPS) is 13.5. The van der Waals surface area contributed by atoms with Crippen molar-refractivity contribution in [2.45, 2.75) is 52.6 Å². The van der Waals surface area contributed by atoms with Crippen molar-refractivity contribution in [1.29, 1.82) is 0 Å². The van der Waals surface area contributed by atoms with Gasteiger partial charge in [-0.3, -0.25) is 5.26 Å². The number of hydrogen-bond acceptors (Lipinski definition) is 5. The Morgan fingerprint density at radius 2 is 1.86 bits per heavy atom. The summed E-state index contributed by atoms with van der Waals surface area (Å²) < 4.78 is 10.9. The summed E-state index contributed by atoms with van der Waals surface area (Å²) in [6.07, 6.45) is 7.47. The summed E-state index contributed by atoms with van der Waals surface area (Å²) in [6, 6.07) is 8.62. The van der Waals surface area contributed by atoms with E-state index >= 15 is 0 Å². The predicted octanol–water partition coefficient (Wildman–Crippen LogP) is 6.06. The molecule has 1 aromatic heterocycles. The molecular formula is C24H30O5. The molecule has 0 saturated carbocycles. The van der Waals surface area contributed by atoms with Crippen LogP contribution in [0.25, 0.3) is 11.0 Å². The van der Waals surface area contributed by atoms with E-state index in [4.69, 9.17) is 14.4 Å². The van der Waals surface area contributed by atoms with E-state index < -0.39 is 0 Å². The molecule has 1 aromatic carbocycles. The van der Waals surface area contributed by atoms with Crippen LogP contribution in [0.3, 0.4) is 0 Å². The maximum absolute atomic E-state index is 11.3. The second-order valence-corrected chi connectivity index (χ2v) is 7.38. The molecule has 0 amide bonds. The number of allylic oxidation sites excluding steroid dienone is 3. The van der Waals surface area contributed by atoms with Crippen molar-refractivity contribution in [1.82, 2.24) is 0 Å². The molecule has 0 aliphatic heterocycles. The van der Waals surface area contributed by atoms with Crippen LogP contribution in [0.1, 0.15) is 46.5 Å². The second-order valence-electron chi connectivity index (χ2n) is 7.38. The van der Waals surface area contributed by atoms with Crippen molar-refractivity contribution in [3.63, 3.8) is 0 Å². The van der Waals surface area contributed by atoms with Gasteiger partial charge in [-0.15, -0.1) is 0 Å². The molecule has 1 unspecified atom stereocenters. The lowest BCUT2D eigenvalue weighted by molar-refractivity contribution is -0.269. The van der Waals surface area contributed by atoms with Crippen molar-refractivity contribution in [2.75, 3.05) is 6.61 Å². The average Bonchev–Trinajstić information content (AvgIpc) is 2.68. The van der Waals surface area contributed by atoms with Gasteiger partial charge in [0.15, 0.2) is 0 Å². The number of benzene rings is 1. The van der Waals surface area contributed by atoms with Gasteiger partial charge in [0, 0.05) is 17.5 Å². The molecule has 0 aliphatic rings. The highest BCUT2D eigenvalue weighted by atomic mass is 17.1. The van der Waals surface area contributed by atoms with Crippen molar-refractivity contribution < 1.29 is 19.3 Å². The summed E-state index contributed by atoms with van der Waals surface area (Å²) in [5.74, 6) is 0.671. The average molecular weight is 398 g/mol. The number of fused-ring (bicyclic) bond motifs is 1. The van der Waals surface area contributed by atoms with E-state index in [1.54, 1.807) is 12.1 Å². The summed E-state index contributed by atoms with van der Waals surface area (Å²) in [7, 11) is 0. The maximum atomic E-state index is 11.3. The van der Waals surface area contributed by atoms with Crippen LogP contribution in [0, 0.1) is 0 Å². The van der Waals surface area contributed by atoms with Crippen LogP contribution in [0.2, 0.25) is 0 Å². The first-order valence-corrected chi connectivity index (χ1v) is 9.82. The van der Waals surface area contributed by atoms with E-state index in [9.17, 15) is 4.79 Å². The SMILES string of the molecule is C=C(C)C(CC/C(C)=C/CC/C(C)=C/COc1ccc2ccc(=O)oc2c1)OO. The van der Waals surface area contributed by atoms with Gasteiger partial charge in [-0.25, -0.2) is 9.68 Å². The molecule has 2 rings (SSSR count). The lowest BCUT2D eigenvalue weighted by Gasteiger charge is -2.13. The summed E-state index contributed by atoms with van der Waals surface area (Å²) >= 11 is 0. The van der Waals surface area contributed by atoms with Crippen molar-refractivity contribution >= 4 is 11.0 Å². The van der Waals surface area contributed by atoms with E-state index in [0.29, 0.717) is 17.9 Å². The Kier molecular flexibility index (Phi) is 8.90. The van der Waals surface area contributed by atoms with Crippen LogP contribution in [0.5, 0.6) is 5.75 Å². The fourth-order valence-corrected chi connectivity index (χ4v) is 2.91. The van der Waals surface area contributed by atoms with Crippen LogP contribution in [0.4, 0.5) is 0 Å². The fraction of sp³-hybridized carbons (Fsp3) is 0.375. The minimum absolute atomic E-state index is 0.305. The largest absolute Gasteiger partial charge is 0.489 e. The summed E-state index contributed by atoms with van der Waals surface area (Å²) in [5.41, 5.74) is 3.51. The number of hydrogen-bond donors (Lipinski definition) is 1. The molecule has 0 aliphatic carbocycles. The first-order chi connectivity index (χ1) is 13.9. The smallest absolute Gasteiger partial charge is 0.336 e. The molecule has 5 heteroatoms. The van der Waals surface area contributed by atoms with Crippen molar-refractivity contribution in [3.8, 4) is 5.75 Å². The van der Waals surface area contributed by atoms with Gasteiger partial charge in [0.25, 0.3) is 0 Å². The molecule has 5 nitrogen and oxygen atoms in total. The van der Waals surface area contributed by atoms with E-state index in [0.717, 1.165) is 36.6 Å². The Morgan fingerprint density at radius 1 is 1.14 bits per heavy atom. The fourth-order valence-electron chi connectivity index (χ4n) is 2.91. The molecule has 1 heterocycles. The molecule has 0 fully saturated rings. The van der Waals surface area contributed by atoms with Crippen LogP contribution in [-0.2, 0) is 4.89 Å². The first-order valence-electron chi connectivity index (χ1n) is 9.82. The monoisotopic (exact) mass is 398 g/mol. The zero-order valence-electron chi connectivity index (χ0n) is 17.4.